The van der Waals surface area contributed by atoms with Crippen LogP contribution < -0.4 is 4.90 Å². The van der Waals surface area contributed by atoms with E-state index in [0.717, 1.165) is 17.7 Å². The lowest BCUT2D eigenvalue weighted by atomic mass is 10.0. The van der Waals surface area contributed by atoms with E-state index in [4.69, 9.17) is 0 Å². The van der Waals surface area contributed by atoms with E-state index in [1.165, 1.54) is 36.3 Å². The van der Waals surface area contributed by atoms with Crippen molar-refractivity contribution in [2.75, 3.05) is 17.2 Å². The molecule has 0 aliphatic carbocycles. The van der Waals surface area contributed by atoms with Crippen LogP contribution in [0, 0.1) is 15.9 Å². The van der Waals surface area contributed by atoms with E-state index in [1.54, 1.807) is 40.0 Å². The topological polar surface area (TPSA) is 107 Å². The zero-order valence-electron chi connectivity index (χ0n) is 17.2. The maximum absolute atomic E-state index is 13.3. The highest BCUT2D eigenvalue weighted by Gasteiger charge is 2.25. The molecule has 1 aliphatic heterocycles. The molecule has 0 unspecified atom stereocenters. The van der Waals surface area contributed by atoms with Gasteiger partial charge in [0.05, 0.1) is 27.9 Å². The number of carbonyl (C=O) groups is 1. The molecule has 0 fully saturated rings. The van der Waals surface area contributed by atoms with Crippen LogP contribution >= 0.6 is 11.8 Å². The Balaban J connectivity index is 1.36. The van der Waals surface area contributed by atoms with Gasteiger partial charge in [0, 0.05) is 24.4 Å². The molecule has 9 nitrogen and oxygen atoms in total. The third-order valence-electron chi connectivity index (χ3n) is 5.43. The zero-order chi connectivity index (χ0) is 22.9. The summed E-state index contributed by atoms with van der Waals surface area (Å²) in [7, 11) is 0. The van der Waals surface area contributed by atoms with Crippen molar-refractivity contribution in [3.63, 3.8) is 0 Å². The van der Waals surface area contributed by atoms with Gasteiger partial charge < -0.3 is 4.90 Å². The SMILES string of the molecule is O=C(CSc1ncnc2c1cnn2-c1ccc(F)cc1)N1CCCc2cc([N+](=O)[O-])ccc21. The molecule has 2 aromatic carbocycles. The molecule has 2 aromatic heterocycles. The minimum absolute atomic E-state index is 0.0268. The fourth-order valence-corrected chi connectivity index (χ4v) is 4.71. The van der Waals surface area contributed by atoms with Gasteiger partial charge in [-0.05, 0) is 48.7 Å². The van der Waals surface area contributed by atoms with Gasteiger partial charge in [-0.1, -0.05) is 11.8 Å². The lowest BCUT2D eigenvalue weighted by molar-refractivity contribution is -0.384. The molecule has 0 radical (unpaired) electrons. The number of aromatic nitrogens is 4. The molecule has 0 N–H and O–H groups in total. The second-order valence-corrected chi connectivity index (χ2v) is 8.42. The van der Waals surface area contributed by atoms with Crippen molar-refractivity contribution in [2.45, 2.75) is 17.9 Å². The van der Waals surface area contributed by atoms with E-state index >= 15 is 0 Å². The fourth-order valence-electron chi connectivity index (χ4n) is 3.87. The predicted molar refractivity (Wildman–Crippen MR) is 121 cm³/mol. The number of hydrogen-bond acceptors (Lipinski definition) is 7. The first kappa shape index (κ1) is 21.0. The van der Waals surface area contributed by atoms with Crippen LogP contribution in [-0.4, -0.2) is 42.9 Å². The van der Waals surface area contributed by atoms with E-state index < -0.39 is 4.92 Å². The number of nitro benzene ring substituents is 1. The van der Waals surface area contributed by atoms with Crippen molar-refractivity contribution in [1.29, 1.82) is 0 Å². The monoisotopic (exact) mass is 464 g/mol. The number of anilines is 1. The Hall–Kier alpha value is -3.86. The molecule has 1 amide bonds. The van der Waals surface area contributed by atoms with Gasteiger partial charge in [0.15, 0.2) is 5.65 Å². The molecule has 5 rings (SSSR count). The van der Waals surface area contributed by atoms with Gasteiger partial charge in [-0.2, -0.15) is 5.10 Å². The number of hydrogen-bond donors (Lipinski definition) is 0. The quantitative estimate of drug-likeness (QED) is 0.191. The van der Waals surface area contributed by atoms with Crippen molar-refractivity contribution in [3.8, 4) is 5.69 Å². The minimum atomic E-state index is -0.427. The highest BCUT2D eigenvalue weighted by molar-refractivity contribution is 8.00. The molecule has 1 aliphatic rings. The van der Waals surface area contributed by atoms with E-state index in [0.29, 0.717) is 34.7 Å². The normalized spacial score (nSPS) is 13.2. The number of nitrogens with zero attached hydrogens (tertiary/aromatic N) is 6. The van der Waals surface area contributed by atoms with Crippen molar-refractivity contribution in [3.05, 3.63) is 76.5 Å². The van der Waals surface area contributed by atoms with Gasteiger partial charge in [-0.15, -0.1) is 0 Å². The number of non-ortho nitro benzene ring substituents is 1. The molecule has 0 saturated heterocycles. The summed E-state index contributed by atoms with van der Waals surface area (Å²) in [5.74, 6) is -0.300. The lowest BCUT2D eigenvalue weighted by Gasteiger charge is -2.29. The Morgan fingerprint density at radius 3 is 2.79 bits per heavy atom. The smallest absolute Gasteiger partial charge is 0.269 e. The summed E-state index contributed by atoms with van der Waals surface area (Å²) in [6.07, 6.45) is 4.48. The maximum atomic E-state index is 13.3. The maximum Gasteiger partial charge on any atom is 0.269 e. The van der Waals surface area contributed by atoms with Crippen LogP contribution in [0.1, 0.15) is 12.0 Å². The summed E-state index contributed by atoms with van der Waals surface area (Å²) in [5.41, 5.74) is 2.77. The van der Waals surface area contributed by atoms with E-state index in [2.05, 4.69) is 15.1 Å². The standard InChI is InChI=1S/C22H17FN6O3S/c23-15-3-5-16(6-4-15)28-21-18(11-26-28)22(25-13-24-21)33-12-20(30)27-9-1-2-14-10-17(29(31)32)7-8-19(14)27/h3-8,10-11,13H,1-2,9,12H2. The van der Waals surface area contributed by atoms with Crippen LogP contribution in [0.2, 0.25) is 0 Å². The predicted octanol–water partition coefficient (Wildman–Crippen LogP) is 3.93. The van der Waals surface area contributed by atoms with E-state index in [1.807, 2.05) is 0 Å². The summed E-state index contributed by atoms with van der Waals surface area (Å²) in [6, 6.07) is 10.5. The van der Waals surface area contributed by atoms with Crippen LogP contribution in [-0.2, 0) is 11.2 Å². The highest BCUT2D eigenvalue weighted by atomic mass is 32.2. The lowest BCUT2D eigenvalue weighted by Crippen LogP contribution is -2.36. The van der Waals surface area contributed by atoms with Crippen LogP contribution in [0.3, 0.4) is 0 Å². The summed E-state index contributed by atoms with van der Waals surface area (Å²) in [4.78, 5) is 33.9. The Labute approximate surface area is 191 Å². The van der Waals surface area contributed by atoms with Crippen LogP contribution in [0.4, 0.5) is 15.8 Å². The van der Waals surface area contributed by atoms with Crippen molar-refractivity contribution >= 4 is 40.1 Å². The number of benzene rings is 2. The third-order valence-corrected chi connectivity index (χ3v) is 6.42. The highest BCUT2D eigenvalue weighted by Crippen LogP contribution is 2.32. The number of carbonyl (C=O) groups excluding carboxylic acids is 1. The van der Waals surface area contributed by atoms with Gasteiger partial charge in [0.2, 0.25) is 5.91 Å². The van der Waals surface area contributed by atoms with Crippen LogP contribution in [0.5, 0.6) is 0 Å². The second kappa shape index (κ2) is 8.58. The Bertz CT molecular complexity index is 1370. The Morgan fingerprint density at radius 2 is 2.00 bits per heavy atom. The van der Waals surface area contributed by atoms with Gasteiger partial charge >= 0.3 is 0 Å². The second-order valence-electron chi connectivity index (χ2n) is 7.46. The molecule has 0 saturated carbocycles. The number of thioether (sulfide) groups is 1. The van der Waals surface area contributed by atoms with Gasteiger partial charge in [-0.3, -0.25) is 14.9 Å². The number of fused-ring (bicyclic) bond motifs is 2. The van der Waals surface area contributed by atoms with E-state index in [-0.39, 0.29) is 23.2 Å². The molecule has 33 heavy (non-hydrogen) atoms. The number of aryl methyl sites for hydroxylation is 1. The third kappa shape index (κ3) is 4.02. The zero-order valence-corrected chi connectivity index (χ0v) is 18.0. The number of halogens is 1. The largest absolute Gasteiger partial charge is 0.311 e. The summed E-state index contributed by atoms with van der Waals surface area (Å²) in [6.45, 7) is 0.561. The first-order chi connectivity index (χ1) is 16.0. The Morgan fingerprint density at radius 1 is 1.18 bits per heavy atom. The van der Waals surface area contributed by atoms with Crippen LogP contribution in [0.15, 0.2) is 60.0 Å². The summed E-state index contributed by atoms with van der Waals surface area (Å²) < 4.78 is 14.9. The molecule has 166 valence electrons. The average molecular weight is 464 g/mol. The van der Waals surface area contributed by atoms with Gasteiger partial charge in [0.1, 0.15) is 17.2 Å². The molecule has 3 heterocycles. The molecule has 0 atom stereocenters. The van der Waals surface area contributed by atoms with Gasteiger partial charge in [0.25, 0.3) is 5.69 Å². The van der Waals surface area contributed by atoms with Crippen LogP contribution in [0.25, 0.3) is 16.7 Å². The number of amides is 1. The molecule has 0 spiro atoms. The van der Waals surface area contributed by atoms with E-state index in [9.17, 15) is 19.3 Å². The summed E-state index contributed by atoms with van der Waals surface area (Å²) >= 11 is 1.28. The van der Waals surface area contributed by atoms with Crippen molar-refractivity contribution in [1.82, 2.24) is 19.7 Å². The first-order valence-corrected chi connectivity index (χ1v) is 11.1. The Kier molecular flexibility index (Phi) is 5.47. The minimum Gasteiger partial charge on any atom is -0.311 e. The van der Waals surface area contributed by atoms with Gasteiger partial charge in [-0.25, -0.2) is 19.0 Å². The average Bonchev–Trinajstić information content (AvgIpc) is 3.27. The number of nitro groups is 1. The molecule has 4 aromatic rings. The summed E-state index contributed by atoms with van der Waals surface area (Å²) in [5, 5.41) is 16.7. The molecule has 0 bridgehead atoms. The molecular formula is C22H17FN6O3S. The van der Waals surface area contributed by atoms with Crippen molar-refractivity contribution < 1.29 is 14.1 Å². The van der Waals surface area contributed by atoms with Crippen molar-refractivity contribution in [2.24, 2.45) is 0 Å². The molecule has 11 heteroatoms. The fraction of sp³-hybridized carbons (Fsp3) is 0.182. The molecular weight excluding hydrogens is 447 g/mol. The number of rotatable bonds is 5. The first-order valence-electron chi connectivity index (χ1n) is 10.2.